The van der Waals surface area contributed by atoms with E-state index >= 15 is 0 Å². The fourth-order valence-electron chi connectivity index (χ4n) is 1.96. The lowest BCUT2D eigenvalue weighted by molar-refractivity contribution is -0.0224. The van der Waals surface area contributed by atoms with Gasteiger partial charge in [-0.1, -0.05) is 18.3 Å². The fourth-order valence-corrected chi connectivity index (χ4v) is 2.83. The molecule has 19 heavy (non-hydrogen) atoms. The molecule has 0 aromatic carbocycles. The van der Waals surface area contributed by atoms with Gasteiger partial charge in [0, 0.05) is 27.2 Å². The Labute approximate surface area is 117 Å². The van der Waals surface area contributed by atoms with Crippen molar-refractivity contribution in [3.8, 4) is 0 Å². The van der Waals surface area contributed by atoms with Gasteiger partial charge < -0.3 is 20.3 Å². The van der Waals surface area contributed by atoms with E-state index < -0.39 is 0 Å². The number of thiazole rings is 1. The van der Waals surface area contributed by atoms with Crippen molar-refractivity contribution in [2.45, 2.75) is 19.4 Å². The monoisotopic (exact) mass is 284 g/mol. The number of nitrogens with two attached hydrogens (primary N) is 1. The minimum absolute atomic E-state index is 0.0372. The zero-order valence-corrected chi connectivity index (χ0v) is 12.4. The van der Waals surface area contributed by atoms with Crippen molar-refractivity contribution in [3.05, 3.63) is 4.88 Å². The van der Waals surface area contributed by atoms with Gasteiger partial charge in [0.25, 0.3) is 5.91 Å². The maximum Gasteiger partial charge on any atom is 0.268 e. The summed E-state index contributed by atoms with van der Waals surface area (Å²) in [4.78, 5) is 20.9. The molecule has 1 amide bonds. The highest BCUT2D eigenvalue weighted by atomic mass is 32.1. The maximum atomic E-state index is 12.5. The Morgan fingerprint density at radius 2 is 2.37 bits per heavy atom. The van der Waals surface area contributed by atoms with E-state index in [1.165, 1.54) is 11.3 Å². The standard InChI is InChI=1S/C12H20N4O2S/c1-4-8-7-16(5-6-18-8)11(17)9-10(13)14-12(19-9)15(2)3/h8H,4-7,13H2,1-3H3. The van der Waals surface area contributed by atoms with Crippen molar-refractivity contribution in [2.75, 3.05) is 44.4 Å². The van der Waals surface area contributed by atoms with Crippen molar-refractivity contribution < 1.29 is 9.53 Å². The number of hydrogen-bond acceptors (Lipinski definition) is 6. The average molecular weight is 284 g/mol. The van der Waals surface area contributed by atoms with E-state index in [0.29, 0.717) is 30.4 Å². The largest absolute Gasteiger partial charge is 0.382 e. The highest BCUT2D eigenvalue weighted by Crippen LogP contribution is 2.28. The van der Waals surface area contributed by atoms with E-state index in [4.69, 9.17) is 10.5 Å². The minimum Gasteiger partial charge on any atom is -0.382 e. The molecule has 7 heteroatoms. The number of carbonyl (C=O) groups is 1. The predicted molar refractivity (Wildman–Crippen MR) is 76.8 cm³/mol. The first-order valence-corrected chi connectivity index (χ1v) is 7.19. The second kappa shape index (κ2) is 5.75. The van der Waals surface area contributed by atoms with E-state index in [0.717, 1.165) is 11.6 Å². The summed E-state index contributed by atoms with van der Waals surface area (Å²) in [6.45, 7) is 3.89. The number of hydrogen-bond donors (Lipinski definition) is 1. The van der Waals surface area contributed by atoms with Crippen LogP contribution in [0, 0.1) is 0 Å². The summed E-state index contributed by atoms with van der Waals surface area (Å²) in [5, 5.41) is 0.751. The van der Waals surface area contributed by atoms with Gasteiger partial charge in [-0.15, -0.1) is 0 Å². The van der Waals surface area contributed by atoms with Gasteiger partial charge in [0.2, 0.25) is 0 Å². The number of nitrogens with zero attached hydrogens (tertiary/aromatic N) is 3. The molecule has 1 aromatic rings. The van der Waals surface area contributed by atoms with Crippen molar-refractivity contribution in [1.82, 2.24) is 9.88 Å². The number of carbonyl (C=O) groups excluding carboxylic acids is 1. The van der Waals surface area contributed by atoms with Crippen LogP contribution in [0.3, 0.4) is 0 Å². The molecule has 1 atom stereocenters. The van der Waals surface area contributed by atoms with Gasteiger partial charge in [-0.05, 0) is 6.42 Å². The molecular formula is C12H20N4O2S. The van der Waals surface area contributed by atoms with E-state index in [9.17, 15) is 4.79 Å². The van der Waals surface area contributed by atoms with E-state index in [2.05, 4.69) is 11.9 Å². The molecule has 106 valence electrons. The zero-order valence-electron chi connectivity index (χ0n) is 11.5. The van der Waals surface area contributed by atoms with Gasteiger partial charge in [0.15, 0.2) is 5.13 Å². The highest BCUT2D eigenvalue weighted by molar-refractivity contribution is 7.18. The molecule has 0 aliphatic carbocycles. The Morgan fingerprint density at radius 3 is 2.95 bits per heavy atom. The summed E-state index contributed by atoms with van der Waals surface area (Å²) in [6.07, 6.45) is 1.03. The topological polar surface area (TPSA) is 71.7 Å². The average Bonchev–Trinajstić information content (AvgIpc) is 2.80. The summed E-state index contributed by atoms with van der Waals surface area (Å²) >= 11 is 1.34. The number of anilines is 2. The zero-order chi connectivity index (χ0) is 14.0. The summed E-state index contributed by atoms with van der Waals surface area (Å²) in [7, 11) is 3.77. The summed E-state index contributed by atoms with van der Waals surface area (Å²) in [5.74, 6) is 0.281. The van der Waals surface area contributed by atoms with Crippen LogP contribution >= 0.6 is 11.3 Å². The molecule has 0 saturated carbocycles. The number of rotatable bonds is 3. The molecule has 6 nitrogen and oxygen atoms in total. The number of aromatic nitrogens is 1. The molecule has 2 N–H and O–H groups in total. The van der Waals surface area contributed by atoms with Gasteiger partial charge in [0.1, 0.15) is 10.7 Å². The van der Waals surface area contributed by atoms with Crippen LogP contribution in [-0.4, -0.2) is 55.7 Å². The van der Waals surface area contributed by atoms with Crippen LogP contribution in [0.4, 0.5) is 10.9 Å². The molecular weight excluding hydrogens is 264 g/mol. The van der Waals surface area contributed by atoms with Crippen LogP contribution in [0.25, 0.3) is 0 Å². The number of morpholine rings is 1. The third kappa shape index (κ3) is 2.98. The van der Waals surface area contributed by atoms with Crippen molar-refractivity contribution >= 4 is 28.2 Å². The normalized spacial score (nSPS) is 19.5. The van der Waals surface area contributed by atoms with E-state index in [1.807, 2.05) is 19.0 Å². The summed E-state index contributed by atoms with van der Waals surface area (Å²) in [6, 6.07) is 0. The smallest absolute Gasteiger partial charge is 0.268 e. The van der Waals surface area contributed by atoms with Crippen LogP contribution in [0.5, 0.6) is 0 Å². The molecule has 1 aromatic heterocycles. The first-order valence-electron chi connectivity index (χ1n) is 6.37. The van der Waals surface area contributed by atoms with Crippen molar-refractivity contribution in [3.63, 3.8) is 0 Å². The van der Waals surface area contributed by atoms with Gasteiger partial charge in [-0.3, -0.25) is 4.79 Å². The van der Waals surface area contributed by atoms with Gasteiger partial charge in [-0.25, -0.2) is 4.98 Å². The lowest BCUT2D eigenvalue weighted by Crippen LogP contribution is -2.45. The molecule has 1 unspecified atom stereocenters. The van der Waals surface area contributed by atoms with E-state index in [-0.39, 0.29) is 12.0 Å². The molecule has 2 rings (SSSR count). The molecule has 0 radical (unpaired) electrons. The Morgan fingerprint density at radius 1 is 1.63 bits per heavy atom. The fraction of sp³-hybridized carbons (Fsp3) is 0.667. The maximum absolute atomic E-state index is 12.5. The van der Waals surface area contributed by atoms with Crippen LogP contribution < -0.4 is 10.6 Å². The minimum atomic E-state index is -0.0372. The Balaban J connectivity index is 2.14. The van der Waals surface area contributed by atoms with Crippen molar-refractivity contribution in [1.29, 1.82) is 0 Å². The van der Waals surface area contributed by atoms with Crippen LogP contribution in [0.2, 0.25) is 0 Å². The van der Waals surface area contributed by atoms with Gasteiger partial charge >= 0.3 is 0 Å². The van der Waals surface area contributed by atoms with Gasteiger partial charge in [-0.2, -0.15) is 0 Å². The van der Waals surface area contributed by atoms with Crippen molar-refractivity contribution in [2.24, 2.45) is 0 Å². The Bertz CT molecular complexity index is 461. The third-order valence-corrected chi connectivity index (χ3v) is 4.33. The number of nitrogen functional groups attached to an aromatic ring is 1. The number of ether oxygens (including phenoxy) is 1. The first kappa shape index (κ1) is 14.1. The van der Waals surface area contributed by atoms with E-state index in [1.54, 1.807) is 4.90 Å². The lowest BCUT2D eigenvalue weighted by atomic mass is 10.2. The Hall–Kier alpha value is -1.34. The first-order chi connectivity index (χ1) is 9.02. The molecule has 1 fully saturated rings. The lowest BCUT2D eigenvalue weighted by Gasteiger charge is -2.32. The molecule has 2 heterocycles. The molecule has 0 spiro atoms. The SMILES string of the molecule is CCC1CN(C(=O)c2sc(N(C)C)nc2N)CCO1. The quantitative estimate of drug-likeness (QED) is 0.898. The predicted octanol–water partition coefficient (Wildman–Crippen LogP) is 1.04. The molecule has 0 bridgehead atoms. The highest BCUT2D eigenvalue weighted by Gasteiger charge is 2.27. The van der Waals surface area contributed by atoms with Crippen LogP contribution in [0.15, 0.2) is 0 Å². The molecule has 1 saturated heterocycles. The van der Waals surface area contributed by atoms with Crippen LogP contribution in [-0.2, 0) is 4.74 Å². The second-order valence-electron chi connectivity index (χ2n) is 4.76. The third-order valence-electron chi connectivity index (χ3n) is 3.10. The Kier molecular flexibility index (Phi) is 4.26. The summed E-state index contributed by atoms with van der Waals surface area (Å²) < 4.78 is 5.57. The second-order valence-corrected chi connectivity index (χ2v) is 5.73. The van der Waals surface area contributed by atoms with Crippen LogP contribution in [0.1, 0.15) is 23.0 Å². The summed E-state index contributed by atoms with van der Waals surface area (Å²) in [5.41, 5.74) is 5.85. The molecule has 1 aliphatic rings. The van der Waals surface area contributed by atoms with Gasteiger partial charge in [0.05, 0.1) is 12.7 Å². The molecule has 1 aliphatic heterocycles. The number of amides is 1.